The maximum absolute atomic E-state index is 13.9. The van der Waals surface area contributed by atoms with E-state index in [9.17, 15) is 37.0 Å². The number of aliphatic carboxylic acids is 1. The van der Waals surface area contributed by atoms with Gasteiger partial charge in [0.05, 0.1) is 35.5 Å². The number of hydrogen-bond donors (Lipinski definition) is 4. The van der Waals surface area contributed by atoms with Gasteiger partial charge in [-0.25, -0.2) is 17.2 Å². The maximum atomic E-state index is 13.9. The predicted octanol–water partition coefficient (Wildman–Crippen LogP) is 4.18. The van der Waals surface area contributed by atoms with E-state index >= 15 is 0 Å². The van der Waals surface area contributed by atoms with E-state index in [1.165, 1.54) is 0 Å². The Bertz CT molecular complexity index is 1250. The van der Waals surface area contributed by atoms with E-state index in [2.05, 4.69) is 10.6 Å². The number of hydrogen-bond acceptors (Lipinski definition) is 6. The number of aliphatic hydroxyl groups excluding tert-OH is 1. The number of carboxylic acids is 1. The predicted molar refractivity (Wildman–Crippen MR) is 159 cm³/mol. The molecule has 2 rings (SSSR count). The first-order valence-corrected chi connectivity index (χ1v) is 16.2. The van der Waals surface area contributed by atoms with Crippen molar-refractivity contribution in [2.24, 2.45) is 5.92 Å². The first kappa shape index (κ1) is 35.3. The summed E-state index contributed by atoms with van der Waals surface area (Å²) in [6, 6.07) is 9.66. The normalized spacial score (nSPS) is 14.0. The fourth-order valence-electron chi connectivity index (χ4n) is 5.03. The highest BCUT2D eigenvalue weighted by Gasteiger charge is 2.34. The quantitative estimate of drug-likeness (QED) is 0.188. The van der Waals surface area contributed by atoms with E-state index in [4.69, 9.17) is 0 Å². The van der Waals surface area contributed by atoms with Gasteiger partial charge >= 0.3 is 5.97 Å². The number of nitrogens with one attached hydrogen (secondary N) is 2. The number of carbonyl (C=O) groups is 2. The lowest BCUT2D eigenvalue weighted by Crippen LogP contribution is -2.51. The third-order valence-corrected chi connectivity index (χ3v) is 9.56. The zero-order valence-electron chi connectivity index (χ0n) is 24.6. The molecule has 0 aliphatic heterocycles. The molecule has 0 aromatic heterocycles. The van der Waals surface area contributed by atoms with Crippen LogP contribution < -0.4 is 10.6 Å². The number of carboxylic acid groups (broad SMARTS) is 1. The van der Waals surface area contributed by atoms with Crippen molar-refractivity contribution in [2.75, 3.05) is 12.3 Å². The van der Waals surface area contributed by atoms with Crippen LogP contribution in [0.15, 0.2) is 42.5 Å². The van der Waals surface area contributed by atoms with E-state index in [-0.39, 0.29) is 18.5 Å². The number of aliphatic hydroxyl groups is 1. The lowest BCUT2D eigenvalue weighted by Gasteiger charge is -2.27. The van der Waals surface area contributed by atoms with Crippen LogP contribution in [0.3, 0.4) is 0 Å². The van der Waals surface area contributed by atoms with Crippen LogP contribution in [-0.2, 0) is 38.8 Å². The summed E-state index contributed by atoms with van der Waals surface area (Å²) in [5.74, 6) is -5.92. The number of rotatable bonds is 19. The molecule has 0 aliphatic rings. The van der Waals surface area contributed by atoms with Crippen LogP contribution in [0.4, 0.5) is 8.78 Å². The molecule has 2 aromatic carbocycles. The summed E-state index contributed by atoms with van der Waals surface area (Å²) in [5.41, 5.74) is 2.29. The van der Waals surface area contributed by atoms with Crippen molar-refractivity contribution in [2.45, 2.75) is 89.7 Å². The van der Waals surface area contributed by atoms with Crippen molar-refractivity contribution < 1.29 is 37.0 Å². The first-order valence-electron chi connectivity index (χ1n) is 14.5. The van der Waals surface area contributed by atoms with Gasteiger partial charge in [-0.15, -0.1) is 0 Å². The van der Waals surface area contributed by atoms with Crippen LogP contribution in [0.25, 0.3) is 0 Å². The van der Waals surface area contributed by atoms with E-state index in [0.717, 1.165) is 29.7 Å². The SMILES string of the molecule is CCCC(CCC)S(=O)(=O)CC(CC(=O)O)C(=O)N[C@@H](Cc1cc(F)cc(F)c1)[C@@H](O)CNCc1cccc(CC)c1. The van der Waals surface area contributed by atoms with Gasteiger partial charge in [-0.3, -0.25) is 9.59 Å². The van der Waals surface area contributed by atoms with Crippen LogP contribution in [0.1, 0.15) is 69.6 Å². The molecule has 0 spiro atoms. The number of aryl methyl sites for hydroxylation is 1. The molecule has 3 atom stereocenters. The molecule has 0 radical (unpaired) electrons. The molecule has 0 fully saturated rings. The minimum atomic E-state index is -3.81. The molecule has 1 unspecified atom stereocenters. The number of halogens is 2. The summed E-state index contributed by atoms with van der Waals surface area (Å²) in [6.45, 7) is 6.16. The van der Waals surface area contributed by atoms with Gasteiger partial charge in [0, 0.05) is 19.2 Å². The largest absolute Gasteiger partial charge is 0.481 e. The average molecular weight is 611 g/mol. The van der Waals surface area contributed by atoms with Gasteiger partial charge in [-0.2, -0.15) is 0 Å². The van der Waals surface area contributed by atoms with E-state index in [1.54, 1.807) is 0 Å². The zero-order valence-corrected chi connectivity index (χ0v) is 25.4. The number of sulfone groups is 1. The Hall–Kier alpha value is -2.89. The van der Waals surface area contributed by atoms with E-state index < -0.39 is 68.8 Å². The molecule has 1 amide bonds. The molecule has 42 heavy (non-hydrogen) atoms. The molecule has 11 heteroatoms. The molecule has 0 heterocycles. The molecule has 0 saturated carbocycles. The Morgan fingerprint density at radius 3 is 2.12 bits per heavy atom. The minimum absolute atomic E-state index is 0.00390. The number of carbonyl (C=O) groups excluding carboxylic acids is 1. The highest BCUT2D eigenvalue weighted by molar-refractivity contribution is 7.92. The minimum Gasteiger partial charge on any atom is -0.481 e. The molecular formula is C31H44F2N2O6S. The molecule has 0 aliphatic carbocycles. The van der Waals surface area contributed by atoms with Gasteiger partial charge in [-0.05, 0) is 54.5 Å². The third-order valence-electron chi connectivity index (χ3n) is 7.21. The van der Waals surface area contributed by atoms with Crippen LogP contribution in [0.5, 0.6) is 0 Å². The lowest BCUT2D eigenvalue weighted by atomic mass is 9.98. The van der Waals surface area contributed by atoms with Gasteiger partial charge in [0.1, 0.15) is 11.6 Å². The van der Waals surface area contributed by atoms with Crippen molar-refractivity contribution in [3.63, 3.8) is 0 Å². The zero-order chi connectivity index (χ0) is 31.3. The summed E-state index contributed by atoms with van der Waals surface area (Å²) in [4.78, 5) is 25.0. The van der Waals surface area contributed by atoms with Gasteiger partial charge in [-0.1, -0.05) is 57.9 Å². The van der Waals surface area contributed by atoms with Crippen LogP contribution >= 0.6 is 0 Å². The highest BCUT2D eigenvalue weighted by Crippen LogP contribution is 2.21. The fraction of sp³-hybridized carbons (Fsp3) is 0.548. The topological polar surface area (TPSA) is 133 Å². The maximum Gasteiger partial charge on any atom is 0.304 e. The second kappa shape index (κ2) is 17.3. The lowest BCUT2D eigenvalue weighted by molar-refractivity contribution is -0.141. The van der Waals surface area contributed by atoms with Gasteiger partial charge in [0.2, 0.25) is 5.91 Å². The van der Waals surface area contributed by atoms with Gasteiger partial charge in [0.15, 0.2) is 9.84 Å². The summed E-state index contributed by atoms with van der Waals surface area (Å²) in [7, 11) is -3.81. The average Bonchev–Trinajstić information content (AvgIpc) is 2.91. The Morgan fingerprint density at radius 2 is 1.55 bits per heavy atom. The Labute approximate surface area is 247 Å². The van der Waals surface area contributed by atoms with Crippen LogP contribution in [-0.4, -0.2) is 60.2 Å². The Morgan fingerprint density at radius 1 is 0.929 bits per heavy atom. The molecule has 2 aromatic rings. The van der Waals surface area contributed by atoms with Crippen molar-refractivity contribution in [1.82, 2.24) is 10.6 Å². The highest BCUT2D eigenvalue weighted by atomic mass is 32.2. The first-order chi connectivity index (χ1) is 19.9. The molecule has 0 bridgehead atoms. The number of amides is 1. The Kier molecular flexibility index (Phi) is 14.5. The summed E-state index contributed by atoms with van der Waals surface area (Å²) in [5, 5.41) is 25.5. The third kappa shape index (κ3) is 11.8. The number of benzene rings is 2. The molecule has 4 N–H and O–H groups in total. The fourth-order valence-corrected chi connectivity index (χ4v) is 7.33. The monoisotopic (exact) mass is 610 g/mol. The van der Waals surface area contributed by atoms with Crippen LogP contribution in [0, 0.1) is 17.6 Å². The van der Waals surface area contributed by atoms with Crippen molar-refractivity contribution in [3.8, 4) is 0 Å². The van der Waals surface area contributed by atoms with E-state index in [0.29, 0.717) is 38.3 Å². The van der Waals surface area contributed by atoms with E-state index in [1.807, 2.05) is 45.0 Å². The molecule has 8 nitrogen and oxygen atoms in total. The van der Waals surface area contributed by atoms with Gasteiger partial charge < -0.3 is 20.8 Å². The summed E-state index contributed by atoms with van der Waals surface area (Å²) >= 11 is 0. The summed E-state index contributed by atoms with van der Waals surface area (Å²) in [6.07, 6.45) is 0.758. The van der Waals surface area contributed by atoms with Crippen molar-refractivity contribution >= 4 is 21.7 Å². The van der Waals surface area contributed by atoms with Crippen molar-refractivity contribution in [1.29, 1.82) is 0 Å². The summed E-state index contributed by atoms with van der Waals surface area (Å²) < 4.78 is 54.2. The smallest absolute Gasteiger partial charge is 0.304 e. The van der Waals surface area contributed by atoms with Crippen molar-refractivity contribution in [3.05, 3.63) is 70.8 Å². The van der Waals surface area contributed by atoms with Crippen LogP contribution in [0.2, 0.25) is 0 Å². The molecule has 234 valence electrons. The second-order valence-corrected chi connectivity index (χ2v) is 13.1. The second-order valence-electron chi connectivity index (χ2n) is 10.8. The molecule has 0 saturated heterocycles. The standard InChI is InChI=1S/C31H44F2N2O6S/c1-4-8-27(9-5-2)42(40,41)20-24(16-30(37)38)31(39)35-28(15-23-13-25(32)17-26(33)14-23)29(36)19-34-18-22-11-7-10-21(6-3)12-22/h7,10-14,17,24,27-29,34,36H,4-6,8-9,15-16,18-20H2,1-3H3,(H,35,39)(H,37,38)/t24?,28-,29-/m0/s1. The molecular weight excluding hydrogens is 566 g/mol. The van der Waals surface area contributed by atoms with Gasteiger partial charge in [0.25, 0.3) is 0 Å². The Balaban J connectivity index is 2.26.